The van der Waals surface area contributed by atoms with Crippen molar-refractivity contribution < 1.29 is 9.53 Å². The average molecular weight is 496 g/mol. The number of aromatic nitrogens is 3. The van der Waals surface area contributed by atoms with E-state index >= 15 is 0 Å². The number of nitrogens with zero attached hydrogens (tertiary/aromatic N) is 3. The molecule has 1 aliphatic rings. The fraction of sp³-hybridized carbons (Fsp3) is 0.240. The summed E-state index contributed by atoms with van der Waals surface area (Å²) < 4.78 is 7.40. The van der Waals surface area contributed by atoms with Gasteiger partial charge in [0.2, 0.25) is 5.95 Å². The Morgan fingerprint density at radius 2 is 1.94 bits per heavy atom. The summed E-state index contributed by atoms with van der Waals surface area (Å²) >= 11 is 12.6. The Hall–Kier alpha value is -3.29. The molecule has 1 fully saturated rings. The monoisotopic (exact) mass is 495 g/mol. The van der Waals surface area contributed by atoms with Gasteiger partial charge in [-0.1, -0.05) is 35.3 Å². The minimum absolute atomic E-state index is 0.250. The number of fused-ring (bicyclic) bond motifs is 1. The van der Waals surface area contributed by atoms with Crippen molar-refractivity contribution in [2.24, 2.45) is 7.05 Å². The molecule has 0 aliphatic heterocycles. The summed E-state index contributed by atoms with van der Waals surface area (Å²) in [5.41, 5.74) is 4.51. The van der Waals surface area contributed by atoms with Crippen LogP contribution in [0.4, 0.5) is 11.6 Å². The van der Waals surface area contributed by atoms with Crippen LogP contribution in [0.1, 0.15) is 40.4 Å². The number of hydrogen-bond acceptors (Lipinski definition) is 5. The van der Waals surface area contributed by atoms with Crippen molar-refractivity contribution in [3.63, 3.8) is 0 Å². The zero-order valence-electron chi connectivity index (χ0n) is 18.7. The number of aryl methyl sites for hydroxylation is 1. The second-order valence-electron chi connectivity index (χ2n) is 8.25. The van der Waals surface area contributed by atoms with Crippen LogP contribution in [-0.2, 0) is 13.6 Å². The lowest BCUT2D eigenvalue weighted by atomic mass is 10.1. The van der Waals surface area contributed by atoms with Gasteiger partial charge in [-0.15, -0.1) is 0 Å². The first-order valence-corrected chi connectivity index (χ1v) is 11.7. The number of pyridine rings is 1. The topological polar surface area (TPSA) is 81.1 Å². The summed E-state index contributed by atoms with van der Waals surface area (Å²) in [6, 6.07) is 12.8. The molecule has 1 aliphatic carbocycles. The molecule has 5 rings (SSSR count). The molecule has 7 nitrogen and oxygen atoms in total. The first-order valence-electron chi connectivity index (χ1n) is 10.9. The number of rotatable bonds is 7. The second-order valence-corrected chi connectivity index (χ2v) is 9.07. The Morgan fingerprint density at radius 3 is 2.65 bits per heavy atom. The molecule has 1 saturated carbocycles. The third-order valence-corrected chi connectivity index (χ3v) is 6.64. The number of hydrogen-bond donors (Lipinski definition) is 2. The van der Waals surface area contributed by atoms with Crippen LogP contribution in [0.25, 0.3) is 11.0 Å². The SMILES string of the molecule is COc1cc2c(cc1C(=O)NCc1ncccc1C1CC1)nc(Nc1c(Cl)cccc1Cl)n2C. The number of carbonyl (C=O) groups excluding carboxylic acids is 1. The molecule has 0 radical (unpaired) electrons. The number of halogens is 2. The predicted molar refractivity (Wildman–Crippen MR) is 134 cm³/mol. The Bertz CT molecular complexity index is 1380. The Kier molecular flexibility index (Phi) is 6.06. The van der Waals surface area contributed by atoms with Crippen molar-refractivity contribution in [2.75, 3.05) is 12.4 Å². The fourth-order valence-corrected chi connectivity index (χ4v) is 4.52. The molecule has 2 N–H and O–H groups in total. The van der Waals surface area contributed by atoms with Crippen molar-refractivity contribution in [1.82, 2.24) is 19.9 Å². The lowest BCUT2D eigenvalue weighted by Gasteiger charge is -2.12. The third kappa shape index (κ3) is 4.29. The van der Waals surface area contributed by atoms with Gasteiger partial charge in [0.1, 0.15) is 5.75 Å². The zero-order chi connectivity index (χ0) is 23.8. The van der Waals surface area contributed by atoms with E-state index in [1.54, 1.807) is 43.6 Å². The van der Waals surface area contributed by atoms with E-state index in [-0.39, 0.29) is 5.91 Å². The van der Waals surface area contributed by atoms with Gasteiger partial charge in [0.25, 0.3) is 5.91 Å². The van der Waals surface area contributed by atoms with Crippen LogP contribution in [0.5, 0.6) is 5.75 Å². The molecule has 9 heteroatoms. The van der Waals surface area contributed by atoms with Crippen molar-refractivity contribution in [2.45, 2.75) is 25.3 Å². The lowest BCUT2D eigenvalue weighted by Crippen LogP contribution is -2.24. The molecular weight excluding hydrogens is 473 g/mol. The summed E-state index contributed by atoms with van der Waals surface area (Å²) in [5, 5.41) is 7.15. The summed E-state index contributed by atoms with van der Waals surface area (Å²) in [6.07, 6.45) is 4.10. The molecule has 0 atom stereocenters. The van der Waals surface area contributed by atoms with Gasteiger partial charge in [-0.3, -0.25) is 9.78 Å². The molecule has 4 aromatic rings. The Labute approximate surface area is 207 Å². The van der Waals surface area contributed by atoms with Crippen LogP contribution in [-0.4, -0.2) is 27.6 Å². The summed E-state index contributed by atoms with van der Waals surface area (Å²) in [6.45, 7) is 0.354. The van der Waals surface area contributed by atoms with E-state index in [2.05, 4.69) is 26.7 Å². The summed E-state index contributed by atoms with van der Waals surface area (Å²) in [4.78, 5) is 22.2. The van der Waals surface area contributed by atoms with E-state index in [0.717, 1.165) is 11.2 Å². The van der Waals surface area contributed by atoms with Gasteiger partial charge in [0.05, 0.1) is 51.7 Å². The third-order valence-electron chi connectivity index (χ3n) is 6.01. The van der Waals surface area contributed by atoms with Gasteiger partial charge in [0, 0.05) is 19.3 Å². The number of benzene rings is 2. The number of anilines is 2. The normalized spacial score (nSPS) is 13.2. The van der Waals surface area contributed by atoms with Crippen LogP contribution in [0.3, 0.4) is 0 Å². The Morgan fingerprint density at radius 1 is 1.18 bits per heavy atom. The van der Waals surface area contributed by atoms with Gasteiger partial charge >= 0.3 is 0 Å². The number of para-hydroxylation sites is 1. The van der Waals surface area contributed by atoms with Crippen molar-refractivity contribution in [3.8, 4) is 5.75 Å². The van der Waals surface area contributed by atoms with E-state index in [0.29, 0.717) is 51.0 Å². The average Bonchev–Trinajstić information content (AvgIpc) is 3.64. The summed E-state index contributed by atoms with van der Waals surface area (Å²) in [7, 11) is 3.41. The molecule has 2 aromatic heterocycles. The number of amides is 1. The van der Waals surface area contributed by atoms with E-state index in [4.69, 9.17) is 27.9 Å². The van der Waals surface area contributed by atoms with Crippen molar-refractivity contribution in [1.29, 1.82) is 0 Å². The smallest absolute Gasteiger partial charge is 0.255 e. The van der Waals surface area contributed by atoms with Crippen LogP contribution in [0, 0.1) is 0 Å². The maximum Gasteiger partial charge on any atom is 0.255 e. The fourth-order valence-electron chi connectivity index (χ4n) is 4.03. The number of ether oxygens (including phenoxy) is 1. The van der Waals surface area contributed by atoms with Gasteiger partial charge in [-0.2, -0.15) is 0 Å². The highest BCUT2D eigenvalue weighted by molar-refractivity contribution is 6.39. The number of carbonyl (C=O) groups is 1. The van der Waals surface area contributed by atoms with Crippen molar-refractivity contribution >= 4 is 51.8 Å². The quantitative estimate of drug-likeness (QED) is 0.336. The molecule has 2 aromatic carbocycles. The maximum absolute atomic E-state index is 13.1. The molecule has 0 bridgehead atoms. The molecule has 1 amide bonds. The minimum Gasteiger partial charge on any atom is -0.496 e. The number of imidazole rings is 1. The van der Waals surface area contributed by atoms with E-state index in [9.17, 15) is 4.79 Å². The molecule has 0 saturated heterocycles. The zero-order valence-corrected chi connectivity index (χ0v) is 20.2. The predicted octanol–water partition coefficient (Wildman–Crippen LogP) is 5.83. The molecule has 34 heavy (non-hydrogen) atoms. The molecule has 0 spiro atoms. The van der Waals surface area contributed by atoms with Crippen LogP contribution in [0.2, 0.25) is 10.0 Å². The standard InChI is InChI=1S/C25H23Cl2N5O2/c1-32-21-12-22(34-2)16(24(33)29-13-20-15(14-8-9-14)5-4-10-28-20)11-19(21)30-25(32)31-23-17(26)6-3-7-18(23)27/h3-7,10-12,14H,8-9,13H2,1-2H3,(H,29,33)(H,30,31). The van der Waals surface area contributed by atoms with Gasteiger partial charge in [0.15, 0.2) is 0 Å². The van der Waals surface area contributed by atoms with Crippen LogP contribution >= 0.6 is 23.2 Å². The molecule has 0 unspecified atom stereocenters. The van der Waals surface area contributed by atoms with E-state index < -0.39 is 0 Å². The summed E-state index contributed by atoms with van der Waals surface area (Å²) in [5.74, 6) is 1.30. The van der Waals surface area contributed by atoms with Gasteiger partial charge in [-0.25, -0.2) is 4.98 Å². The highest BCUT2D eigenvalue weighted by Gasteiger charge is 2.26. The van der Waals surface area contributed by atoms with Crippen LogP contribution in [0.15, 0.2) is 48.7 Å². The van der Waals surface area contributed by atoms with Gasteiger partial charge in [-0.05, 0) is 48.6 Å². The molecule has 2 heterocycles. The largest absolute Gasteiger partial charge is 0.496 e. The van der Waals surface area contributed by atoms with E-state index in [1.165, 1.54) is 18.4 Å². The molecular formula is C25H23Cl2N5O2. The minimum atomic E-state index is -0.250. The number of nitrogens with one attached hydrogen (secondary N) is 2. The maximum atomic E-state index is 13.1. The number of methoxy groups -OCH3 is 1. The Balaban J connectivity index is 1.43. The second kappa shape index (κ2) is 9.16. The lowest BCUT2D eigenvalue weighted by molar-refractivity contribution is 0.0947. The first kappa shape index (κ1) is 22.5. The van der Waals surface area contributed by atoms with E-state index in [1.807, 2.05) is 17.7 Å². The van der Waals surface area contributed by atoms with Crippen molar-refractivity contribution in [3.05, 3.63) is 75.5 Å². The highest BCUT2D eigenvalue weighted by atomic mass is 35.5. The molecule has 174 valence electrons. The first-order chi connectivity index (χ1) is 16.5. The van der Waals surface area contributed by atoms with Gasteiger partial charge < -0.3 is 19.9 Å². The highest BCUT2D eigenvalue weighted by Crippen LogP contribution is 2.41. The van der Waals surface area contributed by atoms with Crippen LogP contribution < -0.4 is 15.4 Å².